The molecule has 0 aliphatic carbocycles. The van der Waals surface area contributed by atoms with E-state index in [4.69, 9.17) is 0 Å². The lowest BCUT2D eigenvalue weighted by Gasteiger charge is -2.16. The van der Waals surface area contributed by atoms with Gasteiger partial charge in [0.05, 0.1) is 0 Å². The Labute approximate surface area is 151 Å². The quantitative estimate of drug-likeness (QED) is 0.422. The van der Waals surface area contributed by atoms with Crippen LogP contribution in [0.1, 0.15) is 0 Å². The highest BCUT2D eigenvalue weighted by Crippen LogP contribution is 2.30. The van der Waals surface area contributed by atoms with E-state index in [0.717, 1.165) is 0 Å². The summed E-state index contributed by atoms with van der Waals surface area (Å²) in [4.78, 5) is 0. The molecule has 1 unspecified atom stereocenters. The lowest BCUT2D eigenvalue weighted by molar-refractivity contribution is 1.62. The van der Waals surface area contributed by atoms with Crippen LogP contribution >= 0.6 is 8.58 Å². The number of rotatable bonds is 4. The van der Waals surface area contributed by atoms with Crippen LogP contribution in [0, 0.1) is 0 Å². The van der Waals surface area contributed by atoms with Gasteiger partial charge in [0.15, 0.2) is 0 Å². The molecule has 0 aromatic heterocycles. The van der Waals surface area contributed by atoms with Gasteiger partial charge in [-0.1, -0.05) is 118 Å². The molecule has 0 radical (unpaired) electrons. The van der Waals surface area contributed by atoms with Crippen LogP contribution in [0.25, 0.3) is 22.3 Å². The minimum absolute atomic E-state index is 0.625. The fraction of sp³-hybridized carbons (Fsp3) is 0. The molecule has 1 atom stereocenters. The minimum atomic E-state index is 0.625. The summed E-state index contributed by atoms with van der Waals surface area (Å²) < 4.78 is 0. The first-order valence-electron chi connectivity index (χ1n) is 8.48. The second kappa shape index (κ2) is 7.47. The molecule has 0 N–H and O–H groups in total. The first kappa shape index (κ1) is 15.8. The lowest BCUT2D eigenvalue weighted by Crippen LogP contribution is -2.09. The number of hydrogen-bond donors (Lipinski definition) is 0. The van der Waals surface area contributed by atoms with E-state index in [-0.39, 0.29) is 0 Å². The number of hydrogen-bond acceptors (Lipinski definition) is 0. The van der Waals surface area contributed by atoms with E-state index in [1.54, 1.807) is 0 Å². The zero-order valence-electron chi connectivity index (χ0n) is 13.9. The maximum atomic E-state index is 2.24. The zero-order chi connectivity index (χ0) is 16.9. The first-order chi connectivity index (χ1) is 12.4. The van der Waals surface area contributed by atoms with Gasteiger partial charge in [0, 0.05) is 0 Å². The van der Waals surface area contributed by atoms with E-state index >= 15 is 0 Å². The third-order valence-electron chi connectivity index (χ3n) is 4.28. The van der Waals surface area contributed by atoms with Crippen molar-refractivity contribution in [2.75, 3.05) is 0 Å². The van der Waals surface area contributed by atoms with Gasteiger partial charge in [-0.05, 0) is 32.9 Å². The van der Waals surface area contributed by atoms with E-state index in [9.17, 15) is 0 Å². The van der Waals surface area contributed by atoms with Crippen molar-refractivity contribution in [3.05, 3.63) is 109 Å². The van der Waals surface area contributed by atoms with Gasteiger partial charge in [-0.15, -0.1) is 0 Å². The first-order valence-corrected chi connectivity index (χ1v) is 9.48. The summed E-state index contributed by atoms with van der Waals surface area (Å²) in [5.41, 5.74) is 5.20. The Balaban J connectivity index is 1.90. The van der Waals surface area contributed by atoms with Crippen molar-refractivity contribution >= 4 is 19.2 Å². The van der Waals surface area contributed by atoms with Crippen molar-refractivity contribution in [2.24, 2.45) is 0 Å². The molecule has 4 rings (SSSR count). The molecule has 0 saturated carbocycles. The largest absolute Gasteiger partial charge is 0.0622 e. The summed E-state index contributed by atoms with van der Waals surface area (Å²) in [7, 11) is 0.625. The van der Waals surface area contributed by atoms with E-state index < -0.39 is 0 Å². The van der Waals surface area contributed by atoms with Crippen LogP contribution < -0.4 is 10.6 Å². The average Bonchev–Trinajstić information content (AvgIpc) is 2.70. The summed E-state index contributed by atoms with van der Waals surface area (Å²) in [6, 6.07) is 38.8. The van der Waals surface area contributed by atoms with Gasteiger partial charge >= 0.3 is 0 Å². The molecule has 0 fully saturated rings. The van der Waals surface area contributed by atoms with Crippen LogP contribution in [0.2, 0.25) is 0 Å². The molecule has 25 heavy (non-hydrogen) atoms. The van der Waals surface area contributed by atoms with Gasteiger partial charge in [-0.25, -0.2) is 0 Å². The summed E-state index contributed by atoms with van der Waals surface area (Å²) in [6.07, 6.45) is 0. The van der Waals surface area contributed by atoms with Gasteiger partial charge in [0.1, 0.15) is 0 Å². The molecule has 0 aliphatic rings. The third-order valence-corrected chi connectivity index (χ3v) is 5.69. The van der Waals surface area contributed by atoms with Crippen molar-refractivity contribution in [3.8, 4) is 22.3 Å². The molecule has 0 spiro atoms. The van der Waals surface area contributed by atoms with Gasteiger partial charge in [0.25, 0.3) is 0 Å². The van der Waals surface area contributed by atoms with E-state index in [1.165, 1.54) is 32.9 Å². The maximum Gasteiger partial charge on any atom is -0.00700 e. The molecule has 0 aliphatic heterocycles. The minimum Gasteiger partial charge on any atom is -0.0622 e. The Morgan fingerprint density at radius 1 is 0.400 bits per heavy atom. The van der Waals surface area contributed by atoms with Gasteiger partial charge in [-0.3, -0.25) is 0 Å². The van der Waals surface area contributed by atoms with Crippen LogP contribution in [-0.4, -0.2) is 0 Å². The molecule has 4 aromatic carbocycles. The molecule has 0 bridgehead atoms. The topological polar surface area (TPSA) is 0 Å². The fourth-order valence-corrected chi connectivity index (χ4v) is 4.44. The van der Waals surface area contributed by atoms with Crippen LogP contribution in [-0.2, 0) is 0 Å². The van der Waals surface area contributed by atoms with E-state index in [1.807, 2.05) is 0 Å². The van der Waals surface area contributed by atoms with Crippen molar-refractivity contribution in [1.82, 2.24) is 0 Å². The lowest BCUT2D eigenvalue weighted by atomic mass is 9.99. The third kappa shape index (κ3) is 3.55. The summed E-state index contributed by atoms with van der Waals surface area (Å²) in [6.45, 7) is 0. The van der Waals surface area contributed by atoms with E-state index in [2.05, 4.69) is 109 Å². The Morgan fingerprint density at radius 3 is 1.32 bits per heavy atom. The molecule has 0 amide bonds. The predicted molar refractivity (Wildman–Crippen MR) is 111 cm³/mol. The predicted octanol–water partition coefficient (Wildman–Crippen LogP) is 5.65. The normalized spacial score (nSPS) is 11.0. The molecule has 4 aromatic rings. The Kier molecular flexibility index (Phi) is 4.72. The highest BCUT2D eigenvalue weighted by molar-refractivity contribution is 7.56. The molecule has 0 nitrogen and oxygen atoms in total. The Hall–Kier alpha value is -2.69. The molecule has 0 heterocycles. The van der Waals surface area contributed by atoms with Crippen molar-refractivity contribution in [3.63, 3.8) is 0 Å². The van der Waals surface area contributed by atoms with Crippen molar-refractivity contribution in [2.45, 2.75) is 0 Å². The standard InChI is InChI=1S/C24H19P/c1-4-11-19(12-5-1)22-17-10-18-23(20-13-6-2-7-14-20)24(22)25-21-15-8-3-9-16-21/h1-18,25H. The zero-order valence-corrected chi connectivity index (χ0v) is 14.9. The molecular formula is C24H19P. The van der Waals surface area contributed by atoms with Gasteiger partial charge in [0.2, 0.25) is 0 Å². The average molecular weight is 338 g/mol. The van der Waals surface area contributed by atoms with Crippen LogP contribution in [0.15, 0.2) is 109 Å². The molecular weight excluding hydrogens is 319 g/mol. The monoisotopic (exact) mass is 338 g/mol. The van der Waals surface area contributed by atoms with Gasteiger partial charge < -0.3 is 0 Å². The Morgan fingerprint density at radius 2 is 0.840 bits per heavy atom. The second-order valence-electron chi connectivity index (χ2n) is 5.95. The second-order valence-corrected chi connectivity index (χ2v) is 7.28. The summed E-state index contributed by atoms with van der Waals surface area (Å²) >= 11 is 0. The molecule has 120 valence electrons. The maximum absolute atomic E-state index is 2.24. The highest BCUT2D eigenvalue weighted by atomic mass is 31.1. The summed E-state index contributed by atoms with van der Waals surface area (Å²) in [5, 5.41) is 2.77. The summed E-state index contributed by atoms with van der Waals surface area (Å²) in [5.74, 6) is 0. The van der Waals surface area contributed by atoms with Crippen LogP contribution in [0.3, 0.4) is 0 Å². The van der Waals surface area contributed by atoms with Crippen molar-refractivity contribution in [1.29, 1.82) is 0 Å². The molecule has 1 heteroatoms. The van der Waals surface area contributed by atoms with E-state index in [0.29, 0.717) is 8.58 Å². The Bertz CT molecular complexity index is 887. The smallest absolute Gasteiger partial charge is 0.00700 e. The van der Waals surface area contributed by atoms with Crippen LogP contribution in [0.5, 0.6) is 0 Å². The van der Waals surface area contributed by atoms with Gasteiger partial charge in [-0.2, -0.15) is 0 Å². The fourth-order valence-electron chi connectivity index (χ4n) is 3.07. The highest BCUT2D eigenvalue weighted by Gasteiger charge is 2.12. The van der Waals surface area contributed by atoms with Crippen LogP contribution in [0.4, 0.5) is 0 Å². The number of benzene rings is 4. The molecule has 0 saturated heterocycles. The SMILES string of the molecule is c1ccc(Pc2c(-c3ccccc3)cccc2-c2ccccc2)cc1. The van der Waals surface area contributed by atoms with Crippen molar-refractivity contribution < 1.29 is 0 Å².